The number of rotatable bonds is 6. The lowest BCUT2D eigenvalue weighted by Crippen LogP contribution is -2.42. The fourth-order valence-corrected chi connectivity index (χ4v) is 3.61. The Morgan fingerprint density at radius 2 is 2.19 bits per heavy atom. The van der Waals surface area contributed by atoms with Crippen molar-refractivity contribution >= 4 is 33.6 Å². The maximum absolute atomic E-state index is 11.9. The van der Waals surface area contributed by atoms with Crippen molar-refractivity contribution in [3.05, 3.63) is 28.7 Å². The van der Waals surface area contributed by atoms with Crippen molar-refractivity contribution in [3.63, 3.8) is 0 Å². The number of halogens is 1. The van der Waals surface area contributed by atoms with E-state index in [4.69, 9.17) is 0 Å². The Balaban J connectivity index is 1.59. The molecule has 0 saturated carbocycles. The molecule has 1 aromatic carbocycles. The van der Waals surface area contributed by atoms with Gasteiger partial charge in [0.15, 0.2) is 0 Å². The molecule has 1 aromatic rings. The zero-order valence-electron chi connectivity index (χ0n) is 12.5. The van der Waals surface area contributed by atoms with E-state index in [0.717, 1.165) is 35.8 Å². The van der Waals surface area contributed by atoms with Gasteiger partial charge in [-0.15, -0.1) is 11.8 Å². The Labute approximate surface area is 140 Å². The van der Waals surface area contributed by atoms with E-state index in [-0.39, 0.29) is 5.91 Å². The van der Waals surface area contributed by atoms with Gasteiger partial charge in [0.2, 0.25) is 5.91 Å². The van der Waals surface area contributed by atoms with E-state index in [2.05, 4.69) is 45.2 Å². The van der Waals surface area contributed by atoms with E-state index < -0.39 is 0 Å². The molecule has 2 rings (SSSR count). The number of thioether (sulfide) groups is 1. The van der Waals surface area contributed by atoms with Gasteiger partial charge >= 0.3 is 0 Å². The topological polar surface area (TPSA) is 32.3 Å². The predicted octanol–water partition coefficient (Wildman–Crippen LogP) is 3.39. The predicted molar refractivity (Wildman–Crippen MR) is 92.7 cm³/mol. The minimum Gasteiger partial charge on any atom is -0.354 e. The monoisotopic (exact) mass is 370 g/mol. The third kappa shape index (κ3) is 6.41. The molecule has 0 aliphatic carbocycles. The van der Waals surface area contributed by atoms with Crippen LogP contribution in [-0.2, 0) is 4.79 Å². The average Bonchev–Trinajstić information content (AvgIpc) is 2.45. The SMILES string of the molecule is C[C@@H]1CCCN(CC(=O)NCCSc2ccc(Br)cc2)C1. The number of nitrogens with zero attached hydrogens (tertiary/aromatic N) is 1. The minimum absolute atomic E-state index is 0.153. The Morgan fingerprint density at radius 1 is 1.43 bits per heavy atom. The highest BCUT2D eigenvalue weighted by molar-refractivity contribution is 9.10. The molecule has 5 heteroatoms. The molecule has 1 aliphatic rings. The highest BCUT2D eigenvalue weighted by atomic mass is 79.9. The molecule has 21 heavy (non-hydrogen) atoms. The van der Waals surface area contributed by atoms with Crippen LogP contribution in [0.2, 0.25) is 0 Å². The summed E-state index contributed by atoms with van der Waals surface area (Å²) in [6.07, 6.45) is 2.51. The third-order valence-corrected chi connectivity index (χ3v) is 5.16. The van der Waals surface area contributed by atoms with E-state index in [1.165, 1.54) is 17.7 Å². The molecule has 1 heterocycles. The number of hydrogen-bond donors (Lipinski definition) is 1. The van der Waals surface area contributed by atoms with Crippen LogP contribution in [0.3, 0.4) is 0 Å². The summed E-state index contributed by atoms with van der Waals surface area (Å²) in [6, 6.07) is 8.26. The summed E-state index contributed by atoms with van der Waals surface area (Å²) in [5.74, 6) is 1.78. The number of amides is 1. The molecule has 1 saturated heterocycles. The second kappa shape index (κ2) is 8.81. The van der Waals surface area contributed by atoms with Gasteiger partial charge in [0.1, 0.15) is 0 Å². The van der Waals surface area contributed by atoms with Crippen molar-refractivity contribution in [2.45, 2.75) is 24.7 Å². The van der Waals surface area contributed by atoms with Crippen molar-refractivity contribution in [3.8, 4) is 0 Å². The first kappa shape index (κ1) is 16.8. The van der Waals surface area contributed by atoms with Crippen molar-refractivity contribution < 1.29 is 4.79 Å². The van der Waals surface area contributed by atoms with Crippen molar-refractivity contribution in [1.29, 1.82) is 0 Å². The molecule has 3 nitrogen and oxygen atoms in total. The van der Waals surface area contributed by atoms with Crippen molar-refractivity contribution in [2.75, 3.05) is 31.9 Å². The van der Waals surface area contributed by atoms with Gasteiger partial charge in [-0.1, -0.05) is 22.9 Å². The summed E-state index contributed by atoms with van der Waals surface area (Å²) >= 11 is 5.20. The molecule has 1 atom stereocenters. The Kier molecular flexibility index (Phi) is 7.07. The standard InChI is InChI=1S/C16H23BrN2OS/c1-13-3-2-9-19(11-13)12-16(20)18-8-10-21-15-6-4-14(17)5-7-15/h4-7,13H,2-3,8-12H2,1H3,(H,18,20)/t13-/m1/s1. The number of nitrogens with one attached hydrogen (secondary N) is 1. The highest BCUT2D eigenvalue weighted by Crippen LogP contribution is 2.20. The molecule has 1 N–H and O–H groups in total. The van der Waals surface area contributed by atoms with Crippen LogP contribution in [0.5, 0.6) is 0 Å². The summed E-state index contributed by atoms with van der Waals surface area (Å²) in [7, 11) is 0. The first-order valence-corrected chi connectivity index (χ1v) is 9.29. The molecular formula is C16H23BrN2OS. The first-order valence-electron chi connectivity index (χ1n) is 7.51. The van der Waals surface area contributed by atoms with Crippen LogP contribution in [0.25, 0.3) is 0 Å². The zero-order chi connectivity index (χ0) is 15.1. The van der Waals surface area contributed by atoms with Gasteiger partial charge in [0.05, 0.1) is 6.54 Å². The van der Waals surface area contributed by atoms with Gasteiger partial charge in [-0.2, -0.15) is 0 Å². The summed E-state index contributed by atoms with van der Waals surface area (Å²) < 4.78 is 1.09. The van der Waals surface area contributed by atoms with Crippen molar-refractivity contribution in [2.24, 2.45) is 5.92 Å². The average molecular weight is 371 g/mol. The summed E-state index contributed by atoms with van der Waals surface area (Å²) in [6.45, 7) is 5.65. The Hall–Kier alpha value is -0.520. The Bertz CT molecular complexity index is 452. The number of carbonyl (C=O) groups is 1. The van der Waals surface area contributed by atoms with E-state index in [1.54, 1.807) is 11.8 Å². The lowest BCUT2D eigenvalue weighted by atomic mass is 10.0. The Morgan fingerprint density at radius 3 is 2.90 bits per heavy atom. The second-order valence-electron chi connectivity index (χ2n) is 5.63. The van der Waals surface area contributed by atoms with Crippen LogP contribution in [0.1, 0.15) is 19.8 Å². The van der Waals surface area contributed by atoms with Gasteiger partial charge in [0, 0.05) is 28.2 Å². The molecule has 0 radical (unpaired) electrons. The van der Waals surface area contributed by atoms with Gasteiger partial charge in [-0.25, -0.2) is 0 Å². The van der Waals surface area contributed by atoms with Gasteiger partial charge in [0.25, 0.3) is 0 Å². The first-order chi connectivity index (χ1) is 10.1. The normalized spacial score (nSPS) is 19.4. The zero-order valence-corrected chi connectivity index (χ0v) is 14.9. The summed E-state index contributed by atoms with van der Waals surface area (Å²) in [4.78, 5) is 15.4. The number of benzene rings is 1. The number of carbonyl (C=O) groups excluding carboxylic acids is 1. The van der Waals surface area contributed by atoms with Gasteiger partial charge in [-0.3, -0.25) is 9.69 Å². The van der Waals surface area contributed by atoms with Crippen LogP contribution in [0.4, 0.5) is 0 Å². The van der Waals surface area contributed by atoms with E-state index in [9.17, 15) is 4.79 Å². The fourth-order valence-electron chi connectivity index (χ4n) is 2.58. The quantitative estimate of drug-likeness (QED) is 0.615. The molecule has 116 valence electrons. The van der Waals surface area contributed by atoms with E-state index in [1.807, 2.05) is 12.1 Å². The number of likely N-dealkylation sites (tertiary alicyclic amines) is 1. The third-order valence-electron chi connectivity index (χ3n) is 3.61. The van der Waals surface area contributed by atoms with Crippen LogP contribution in [-0.4, -0.2) is 42.7 Å². The second-order valence-corrected chi connectivity index (χ2v) is 7.72. The van der Waals surface area contributed by atoms with Crippen LogP contribution < -0.4 is 5.32 Å². The minimum atomic E-state index is 0.153. The van der Waals surface area contributed by atoms with Crippen LogP contribution in [0, 0.1) is 5.92 Å². The summed E-state index contributed by atoms with van der Waals surface area (Å²) in [5.41, 5.74) is 0. The fraction of sp³-hybridized carbons (Fsp3) is 0.562. The van der Waals surface area contributed by atoms with Crippen LogP contribution in [0.15, 0.2) is 33.6 Å². The number of piperidine rings is 1. The van der Waals surface area contributed by atoms with E-state index >= 15 is 0 Å². The smallest absolute Gasteiger partial charge is 0.234 e. The van der Waals surface area contributed by atoms with E-state index in [0.29, 0.717) is 6.54 Å². The molecule has 1 fully saturated rings. The molecule has 0 bridgehead atoms. The molecule has 1 aliphatic heterocycles. The molecule has 1 amide bonds. The summed E-state index contributed by atoms with van der Waals surface area (Å²) in [5, 5.41) is 3.02. The highest BCUT2D eigenvalue weighted by Gasteiger charge is 2.18. The van der Waals surface area contributed by atoms with Crippen LogP contribution >= 0.6 is 27.7 Å². The molecule has 0 unspecified atom stereocenters. The number of hydrogen-bond acceptors (Lipinski definition) is 3. The molecule has 0 spiro atoms. The van der Waals surface area contributed by atoms with Crippen molar-refractivity contribution in [1.82, 2.24) is 10.2 Å². The largest absolute Gasteiger partial charge is 0.354 e. The van der Waals surface area contributed by atoms with Gasteiger partial charge in [-0.05, 0) is 49.6 Å². The molecular weight excluding hydrogens is 348 g/mol. The van der Waals surface area contributed by atoms with Gasteiger partial charge < -0.3 is 5.32 Å². The molecule has 0 aromatic heterocycles. The maximum atomic E-state index is 11.9. The lowest BCUT2D eigenvalue weighted by molar-refractivity contribution is -0.122. The lowest BCUT2D eigenvalue weighted by Gasteiger charge is -2.30. The maximum Gasteiger partial charge on any atom is 0.234 e.